The standard InChI is InChI=1S/C23H29F3N4O3/c1-21(2,3)11-22(4,5)28-20(31)15-10-19-27-14(9-18(23(24,25)26)30(19)29-15)13-6-7-16-17(8-13)33-12-32-16/h6-8,10,14,18,27H,9,11-12H2,1-5H3,(H,28,31)/t14-,18+/m1/s1. The highest BCUT2D eigenvalue weighted by atomic mass is 19.4. The maximum Gasteiger partial charge on any atom is 0.410 e. The zero-order valence-corrected chi connectivity index (χ0v) is 19.3. The number of carbonyl (C=O) groups is 1. The summed E-state index contributed by atoms with van der Waals surface area (Å²) in [5, 5.41) is 10.1. The quantitative estimate of drug-likeness (QED) is 0.646. The number of hydrogen-bond acceptors (Lipinski definition) is 5. The van der Waals surface area contributed by atoms with E-state index in [1.165, 1.54) is 6.07 Å². The average Bonchev–Trinajstić information content (AvgIpc) is 3.29. The monoisotopic (exact) mass is 466 g/mol. The lowest BCUT2D eigenvalue weighted by Gasteiger charge is -2.33. The number of nitrogens with one attached hydrogen (secondary N) is 2. The van der Waals surface area contributed by atoms with E-state index in [4.69, 9.17) is 9.47 Å². The molecule has 0 bridgehead atoms. The molecule has 10 heteroatoms. The molecule has 2 aliphatic heterocycles. The third-order valence-electron chi connectivity index (χ3n) is 5.65. The smallest absolute Gasteiger partial charge is 0.410 e. The molecular weight excluding hydrogens is 437 g/mol. The number of nitrogens with zero attached hydrogens (tertiary/aromatic N) is 2. The van der Waals surface area contributed by atoms with E-state index in [1.807, 2.05) is 13.8 Å². The summed E-state index contributed by atoms with van der Waals surface area (Å²) in [5.41, 5.74) is -0.00519. The molecule has 1 aromatic heterocycles. The van der Waals surface area contributed by atoms with Gasteiger partial charge >= 0.3 is 6.18 Å². The van der Waals surface area contributed by atoms with Gasteiger partial charge in [0.05, 0.1) is 6.04 Å². The van der Waals surface area contributed by atoms with Gasteiger partial charge in [-0.05, 0) is 43.4 Å². The molecular formula is C23H29F3N4O3. The highest BCUT2D eigenvalue weighted by molar-refractivity contribution is 5.93. The van der Waals surface area contributed by atoms with Gasteiger partial charge in [0.2, 0.25) is 6.79 Å². The summed E-state index contributed by atoms with van der Waals surface area (Å²) in [4.78, 5) is 12.9. The topological polar surface area (TPSA) is 77.4 Å². The van der Waals surface area contributed by atoms with Gasteiger partial charge < -0.3 is 20.1 Å². The van der Waals surface area contributed by atoms with Crippen LogP contribution in [-0.2, 0) is 0 Å². The molecule has 3 heterocycles. The van der Waals surface area contributed by atoms with Gasteiger partial charge in [-0.2, -0.15) is 18.3 Å². The Bertz CT molecular complexity index is 1060. The molecule has 2 atom stereocenters. The number of ether oxygens (including phenoxy) is 2. The number of halogens is 3. The Hall–Kier alpha value is -2.91. The Morgan fingerprint density at radius 3 is 2.52 bits per heavy atom. The fourth-order valence-electron chi connectivity index (χ4n) is 4.77. The van der Waals surface area contributed by atoms with Crippen molar-refractivity contribution in [2.24, 2.45) is 5.41 Å². The van der Waals surface area contributed by atoms with Crippen LogP contribution >= 0.6 is 0 Å². The SMILES string of the molecule is CC(C)(C)CC(C)(C)NC(=O)c1cc2n(n1)[C@H](C(F)(F)F)C[C@H](c1ccc3c(c1)OCO3)N2. The molecule has 0 unspecified atom stereocenters. The highest BCUT2D eigenvalue weighted by Crippen LogP contribution is 2.45. The predicted molar refractivity (Wildman–Crippen MR) is 116 cm³/mol. The van der Waals surface area contributed by atoms with Gasteiger partial charge in [0.25, 0.3) is 5.91 Å². The number of aromatic nitrogens is 2. The van der Waals surface area contributed by atoms with Crippen molar-refractivity contribution in [3.8, 4) is 11.5 Å². The molecule has 7 nitrogen and oxygen atoms in total. The average molecular weight is 467 g/mol. The summed E-state index contributed by atoms with van der Waals surface area (Å²) in [7, 11) is 0. The van der Waals surface area contributed by atoms with E-state index in [9.17, 15) is 18.0 Å². The van der Waals surface area contributed by atoms with Crippen molar-refractivity contribution in [2.75, 3.05) is 12.1 Å². The van der Waals surface area contributed by atoms with Crippen LogP contribution in [0.2, 0.25) is 0 Å². The minimum Gasteiger partial charge on any atom is -0.454 e. The highest BCUT2D eigenvalue weighted by Gasteiger charge is 2.47. The number of alkyl halides is 3. The van der Waals surface area contributed by atoms with E-state index in [0.29, 0.717) is 23.5 Å². The predicted octanol–water partition coefficient (Wildman–Crippen LogP) is 5.22. The number of fused-ring (bicyclic) bond motifs is 2. The second-order valence-corrected chi connectivity index (χ2v) is 10.5. The third-order valence-corrected chi connectivity index (χ3v) is 5.65. The van der Waals surface area contributed by atoms with E-state index < -0.39 is 29.7 Å². The van der Waals surface area contributed by atoms with E-state index in [-0.39, 0.29) is 30.1 Å². The van der Waals surface area contributed by atoms with Crippen LogP contribution in [0.3, 0.4) is 0 Å². The number of anilines is 1. The maximum atomic E-state index is 14.0. The van der Waals surface area contributed by atoms with Crippen molar-refractivity contribution in [3.05, 3.63) is 35.5 Å². The minimum absolute atomic E-state index is 0.0367. The Labute approximate surface area is 190 Å². The zero-order chi connectivity index (χ0) is 24.2. The van der Waals surface area contributed by atoms with Crippen LogP contribution in [0.4, 0.5) is 19.0 Å². The first kappa shape index (κ1) is 23.3. The lowest BCUT2D eigenvalue weighted by Crippen LogP contribution is -2.46. The van der Waals surface area contributed by atoms with E-state index in [0.717, 1.165) is 4.68 Å². The maximum absolute atomic E-state index is 14.0. The lowest BCUT2D eigenvalue weighted by atomic mass is 9.82. The fourth-order valence-corrected chi connectivity index (χ4v) is 4.77. The summed E-state index contributed by atoms with van der Waals surface area (Å²) >= 11 is 0. The van der Waals surface area contributed by atoms with Gasteiger partial charge in [-0.1, -0.05) is 26.8 Å². The lowest BCUT2D eigenvalue weighted by molar-refractivity contribution is -0.173. The van der Waals surface area contributed by atoms with E-state index >= 15 is 0 Å². The van der Waals surface area contributed by atoms with Crippen molar-refractivity contribution < 1.29 is 27.4 Å². The summed E-state index contributed by atoms with van der Waals surface area (Å²) in [6, 6.07) is 3.96. The van der Waals surface area contributed by atoms with Crippen molar-refractivity contribution >= 4 is 11.7 Å². The molecule has 0 saturated heterocycles. The van der Waals surface area contributed by atoms with Crippen molar-refractivity contribution in [2.45, 2.75) is 71.3 Å². The number of rotatable bonds is 4. The molecule has 0 saturated carbocycles. The van der Waals surface area contributed by atoms with Crippen molar-refractivity contribution in [1.82, 2.24) is 15.1 Å². The van der Waals surface area contributed by atoms with Crippen LogP contribution in [0.1, 0.15) is 75.6 Å². The van der Waals surface area contributed by atoms with Crippen LogP contribution in [0.25, 0.3) is 0 Å². The van der Waals surface area contributed by atoms with Crippen molar-refractivity contribution in [3.63, 3.8) is 0 Å². The zero-order valence-electron chi connectivity index (χ0n) is 19.3. The Kier molecular flexibility index (Phi) is 5.53. The summed E-state index contributed by atoms with van der Waals surface area (Å²) in [6.07, 6.45) is -4.11. The molecule has 1 aromatic carbocycles. The van der Waals surface area contributed by atoms with E-state index in [1.54, 1.807) is 18.2 Å². The summed E-state index contributed by atoms with van der Waals surface area (Å²) in [6.45, 7) is 10.0. The molecule has 2 aromatic rings. The molecule has 1 amide bonds. The second-order valence-electron chi connectivity index (χ2n) is 10.5. The Morgan fingerprint density at radius 1 is 1.15 bits per heavy atom. The first-order valence-electron chi connectivity index (χ1n) is 10.9. The van der Waals surface area contributed by atoms with Gasteiger partial charge in [0, 0.05) is 18.0 Å². The molecule has 33 heavy (non-hydrogen) atoms. The van der Waals surface area contributed by atoms with Crippen molar-refractivity contribution in [1.29, 1.82) is 0 Å². The normalized spacial score (nSPS) is 20.2. The number of carbonyl (C=O) groups excluding carboxylic acids is 1. The summed E-state index contributed by atoms with van der Waals surface area (Å²) < 4.78 is 53.4. The molecule has 2 N–H and O–H groups in total. The van der Waals surface area contributed by atoms with Gasteiger partial charge in [-0.15, -0.1) is 0 Å². The Balaban J connectivity index is 1.61. The molecule has 0 aliphatic carbocycles. The molecule has 4 rings (SSSR count). The number of hydrogen-bond donors (Lipinski definition) is 2. The van der Waals surface area contributed by atoms with Crippen LogP contribution in [0.15, 0.2) is 24.3 Å². The summed E-state index contributed by atoms with van der Waals surface area (Å²) in [5.74, 6) is 0.695. The second kappa shape index (κ2) is 7.85. The first-order valence-corrected chi connectivity index (χ1v) is 10.9. The van der Waals surface area contributed by atoms with Crippen LogP contribution < -0.4 is 20.1 Å². The Morgan fingerprint density at radius 2 is 1.85 bits per heavy atom. The van der Waals surface area contributed by atoms with Gasteiger partial charge in [-0.3, -0.25) is 4.79 Å². The number of amides is 1. The number of benzene rings is 1. The molecule has 180 valence electrons. The first-order chi connectivity index (χ1) is 15.2. The molecule has 2 aliphatic rings. The molecule has 0 fully saturated rings. The van der Waals surface area contributed by atoms with Gasteiger partial charge in [0.15, 0.2) is 23.2 Å². The van der Waals surface area contributed by atoms with Gasteiger partial charge in [0.1, 0.15) is 5.82 Å². The fraction of sp³-hybridized carbons (Fsp3) is 0.565. The molecule has 0 spiro atoms. The minimum atomic E-state index is -4.53. The largest absolute Gasteiger partial charge is 0.454 e. The van der Waals surface area contributed by atoms with Crippen LogP contribution in [-0.4, -0.2) is 34.2 Å². The third kappa shape index (κ3) is 5.04. The van der Waals surface area contributed by atoms with Gasteiger partial charge in [-0.25, -0.2) is 4.68 Å². The van der Waals surface area contributed by atoms with Crippen LogP contribution in [0, 0.1) is 5.41 Å². The van der Waals surface area contributed by atoms with Crippen LogP contribution in [0.5, 0.6) is 11.5 Å². The molecule has 0 radical (unpaired) electrons. The van der Waals surface area contributed by atoms with E-state index in [2.05, 4.69) is 36.5 Å².